The maximum atomic E-state index is 12.9. The summed E-state index contributed by atoms with van der Waals surface area (Å²) in [5.74, 6) is 2.07. The summed E-state index contributed by atoms with van der Waals surface area (Å²) in [6.07, 6.45) is 3.22. The van der Waals surface area contributed by atoms with Crippen molar-refractivity contribution in [2.24, 2.45) is 0 Å². The Kier molecular flexibility index (Phi) is 5.85. The van der Waals surface area contributed by atoms with E-state index in [0.717, 1.165) is 11.4 Å². The van der Waals surface area contributed by atoms with Gasteiger partial charge in [0.15, 0.2) is 0 Å². The van der Waals surface area contributed by atoms with Crippen LogP contribution < -0.4 is 10.2 Å². The van der Waals surface area contributed by atoms with Crippen molar-refractivity contribution in [2.45, 2.75) is 11.8 Å². The molecule has 0 radical (unpaired) electrons. The Morgan fingerprint density at radius 2 is 1.73 bits per heavy atom. The zero-order valence-corrected chi connectivity index (χ0v) is 17.9. The number of hydrogen-bond acceptors (Lipinski definition) is 7. The average molecular weight is 445 g/mol. The number of aromatic nitrogens is 3. The van der Waals surface area contributed by atoms with E-state index in [1.54, 1.807) is 24.4 Å². The van der Waals surface area contributed by atoms with Gasteiger partial charge in [0.25, 0.3) is 0 Å². The first kappa shape index (κ1) is 20.5. The van der Waals surface area contributed by atoms with Gasteiger partial charge in [-0.25, -0.2) is 23.4 Å². The normalized spacial score (nSPS) is 15.2. The fourth-order valence-electron chi connectivity index (χ4n) is 3.26. The summed E-state index contributed by atoms with van der Waals surface area (Å²) >= 11 is 5.96. The van der Waals surface area contributed by atoms with Gasteiger partial charge in [0.1, 0.15) is 23.8 Å². The third-order valence-electron chi connectivity index (χ3n) is 4.82. The van der Waals surface area contributed by atoms with Gasteiger partial charge in [-0.1, -0.05) is 17.7 Å². The fraction of sp³-hybridized carbons (Fsp3) is 0.250. The number of rotatable bonds is 5. The topological polar surface area (TPSA) is 91.3 Å². The first-order valence-corrected chi connectivity index (χ1v) is 11.3. The number of hydrogen-bond donors (Lipinski definition) is 1. The number of anilines is 3. The van der Waals surface area contributed by atoms with Crippen LogP contribution in [0.2, 0.25) is 5.02 Å². The van der Waals surface area contributed by atoms with E-state index in [9.17, 15) is 8.42 Å². The van der Waals surface area contributed by atoms with Gasteiger partial charge in [0.05, 0.1) is 4.90 Å². The van der Waals surface area contributed by atoms with Gasteiger partial charge in [-0.05, 0) is 42.8 Å². The van der Waals surface area contributed by atoms with E-state index in [1.165, 1.54) is 16.7 Å². The van der Waals surface area contributed by atoms with Gasteiger partial charge < -0.3 is 10.2 Å². The van der Waals surface area contributed by atoms with Gasteiger partial charge >= 0.3 is 0 Å². The van der Waals surface area contributed by atoms with Crippen molar-refractivity contribution in [3.63, 3.8) is 0 Å². The molecule has 156 valence electrons. The molecule has 0 unspecified atom stereocenters. The largest absolute Gasteiger partial charge is 0.354 e. The van der Waals surface area contributed by atoms with Crippen LogP contribution >= 0.6 is 11.6 Å². The number of piperazine rings is 1. The molecular formula is C20H21ClN6O2S. The minimum absolute atomic E-state index is 0.211. The number of benzene rings is 1. The molecule has 10 heteroatoms. The molecular weight excluding hydrogens is 424 g/mol. The second kappa shape index (κ2) is 8.55. The Balaban J connectivity index is 1.44. The predicted octanol–water partition coefficient (Wildman–Crippen LogP) is 3.09. The van der Waals surface area contributed by atoms with Crippen LogP contribution in [-0.2, 0) is 10.0 Å². The van der Waals surface area contributed by atoms with Gasteiger partial charge in [0, 0.05) is 43.5 Å². The molecule has 1 N–H and O–H groups in total. The van der Waals surface area contributed by atoms with Crippen molar-refractivity contribution >= 4 is 39.1 Å². The highest BCUT2D eigenvalue weighted by atomic mass is 35.5. The number of nitrogens with zero attached hydrogens (tertiary/aromatic N) is 5. The van der Waals surface area contributed by atoms with Crippen LogP contribution in [0.25, 0.3) is 0 Å². The molecule has 1 saturated heterocycles. The van der Waals surface area contributed by atoms with Crippen LogP contribution in [0.15, 0.2) is 59.9 Å². The summed E-state index contributed by atoms with van der Waals surface area (Å²) in [4.78, 5) is 15.1. The van der Waals surface area contributed by atoms with E-state index in [2.05, 4.69) is 20.3 Å². The SMILES string of the molecule is Cc1ccnc(Nc2cc(N3CCN(S(=O)(=O)c4cccc(Cl)c4)CC3)ncn2)c1. The monoisotopic (exact) mass is 444 g/mol. The van der Waals surface area contributed by atoms with E-state index >= 15 is 0 Å². The molecule has 2 aromatic heterocycles. The maximum Gasteiger partial charge on any atom is 0.243 e. The van der Waals surface area contributed by atoms with Gasteiger partial charge in [-0.2, -0.15) is 4.31 Å². The third-order valence-corrected chi connectivity index (χ3v) is 6.95. The van der Waals surface area contributed by atoms with E-state index in [4.69, 9.17) is 11.6 Å². The van der Waals surface area contributed by atoms with Gasteiger partial charge in [0.2, 0.25) is 10.0 Å². The molecule has 0 aliphatic carbocycles. The van der Waals surface area contributed by atoms with E-state index in [0.29, 0.717) is 42.8 Å². The number of sulfonamides is 1. The number of aryl methyl sites for hydroxylation is 1. The maximum absolute atomic E-state index is 12.9. The van der Waals surface area contributed by atoms with Crippen molar-refractivity contribution in [1.29, 1.82) is 0 Å². The van der Waals surface area contributed by atoms with Crippen LogP contribution in [0, 0.1) is 6.92 Å². The first-order valence-electron chi connectivity index (χ1n) is 9.44. The zero-order valence-electron chi connectivity index (χ0n) is 16.4. The Labute approximate surface area is 180 Å². The summed E-state index contributed by atoms with van der Waals surface area (Å²) in [7, 11) is -3.57. The quantitative estimate of drug-likeness (QED) is 0.646. The molecule has 0 spiro atoms. The third kappa shape index (κ3) is 4.53. The van der Waals surface area contributed by atoms with E-state index in [-0.39, 0.29) is 4.90 Å². The molecule has 30 heavy (non-hydrogen) atoms. The van der Waals surface area contributed by atoms with Crippen LogP contribution in [0.3, 0.4) is 0 Å². The standard InChI is InChI=1S/C20H21ClN6O2S/c1-15-5-6-22-18(11-15)25-19-13-20(24-14-23-19)26-7-9-27(10-8-26)30(28,29)17-4-2-3-16(21)12-17/h2-6,11-14H,7-10H2,1H3,(H,22,23,24,25). The van der Waals surface area contributed by atoms with Crippen molar-refractivity contribution < 1.29 is 8.42 Å². The highest BCUT2D eigenvalue weighted by Crippen LogP contribution is 2.23. The van der Waals surface area contributed by atoms with Gasteiger partial charge in [-0.15, -0.1) is 0 Å². The molecule has 8 nitrogen and oxygen atoms in total. The minimum atomic E-state index is -3.57. The molecule has 0 bridgehead atoms. The molecule has 1 aromatic carbocycles. The van der Waals surface area contributed by atoms with Crippen molar-refractivity contribution in [1.82, 2.24) is 19.3 Å². The summed E-state index contributed by atoms with van der Waals surface area (Å²) in [5.41, 5.74) is 1.10. The summed E-state index contributed by atoms with van der Waals surface area (Å²) in [6, 6.07) is 12.0. The van der Waals surface area contributed by atoms with Crippen LogP contribution in [-0.4, -0.2) is 53.9 Å². The lowest BCUT2D eigenvalue weighted by atomic mass is 10.3. The predicted molar refractivity (Wildman–Crippen MR) is 117 cm³/mol. The number of pyridine rings is 1. The second-order valence-corrected chi connectivity index (χ2v) is 9.33. The molecule has 0 amide bonds. The van der Waals surface area contributed by atoms with E-state index in [1.807, 2.05) is 30.0 Å². The lowest BCUT2D eigenvalue weighted by Gasteiger charge is -2.34. The minimum Gasteiger partial charge on any atom is -0.354 e. The van der Waals surface area contributed by atoms with Crippen LogP contribution in [0.5, 0.6) is 0 Å². The van der Waals surface area contributed by atoms with Crippen LogP contribution in [0.4, 0.5) is 17.5 Å². The molecule has 3 heterocycles. The Hall–Kier alpha value is -2.75. The first-order chi connectivity index (χ1) is 14.4. The highest BCUT2D eigenvalue weighted by Gasteiger charge is 2.29. The molecule has 3 aromatic rings. The van der Waals surface area contributed by atoms with E-state index < -0.39 is 10.0 Å². The molecule has 0 atom stereocenters. The molecule has 1 aliphatic heterocycles. The van der Waals surface area contributed by atoms with Crippen molar-refractivity contribution in [2.75, 3.05) is 36.4 Å². The number of halogens is 1. The lowest BCUT2D eigenvalue weighted by Crippen LogP contribution is -2.48. The van der Waals surface area contributed by atoms with Crippen LogP contribution in [0.1, 0.15) is 5.56 Å². The van der Waals surface area contributed by atoms with Crippen molar-refractivity contribution in [3.8, 4) is 0 Å². The summed E-state index contributed by atoms with van der Waals surface area (Å²) in [6.45, 7) is 3.77. The highest BCUT2D eigenvalue weighted by molar-refractivity contribution is 7.89. The average Bonchev–Trinajstić information content (AvgIpc) is 2.74. The van der Waals surface area contributed by atoms with Crippen molar-refractivity contribution in [3.05, 3.63) is 65.6 Å². The zero-order chi connectivity index (χ0) is 21.1. The molecule has 4 rings (SSSR count). The molecule has 0 saturated carbocycles. The second-order valence-electron chi connectivity index (χ2n) is 6.95. The summed E-state index contributed by atoms with van der Waals surface area (Å²) in [5, 5.41) is 3.58. The summed E-state index contributed by atoms with van der Waals surface area (Å²) < 4.78 is 27.2. The Morgan fingerprint density at radius 3 is 2.47 bits per heavy atom. The van der Waals surface area contributed by atoms with Gasteiger partial charge in [-0.3, -0.25) is 0 Å². The number of nitrogens with one attached hydrogen (secondary N) is 1. The Morgan fingerprint density at radius 1 is 0.967 bits per heavy atom. The molecule has 1 aliphatic rings. The smallest absolute Gasteiger partial charge is 0.243 e. The fourth-order valence-corrected chi connectivity index (χ4v) is 4.98. The lowest BCUT2D eigenvalue weighted by molar-refractivity contribution is 0.384. The Bertz CT molecular complexity index is 1150. The molecule has 1 fully saturated rings.